The van der Waals surface area contributed by atoms with E-state index in [0.29, 0.717) is 12.5 Å². The molecule has 1 unspecified atom stereocenters. The molecule has 5 heteroatoms. The van der Waals surface area contributed by atoms with E-state index in [1.54, 1.807) is 0 Å². The maximum Gasteiger partial charge on any atom is 0.264 e. The Kier molecular flexibility index (Phi) is 2.27. The highest BCUT2D eigenvalue weighted by Gasteiger charge is 2.42. The molecule has 0 amide bonds. The van der Waals surface area contributed by atoms with E-state index in [1.807, 2.05) is 0 Å². The Morgan fingerprint density at radius 1 is 1.27 bits per heavy atom. The fraction of sp³-hybridized carbons (Fsp3) is 0.167. The second-order valence-electron chi connectivity index (χ2n) is 1.92. The predicted octanol–water partition coefficient (Wildman–Crippen LogP) is 3.31. The lowest BCUT2D eigenvalue weighted by Crippen LogP contribution is -2.19. The smallest absolute Gasteiger partial charge is 0.216 e. The Balaban J connectivity index is 3.07. The molecule has 0 heterocycles. The van der Waals surface area contributed by atoms with Crippen molar-refractivity contribution < 1.29 is 17.6 Å². The van der Waals surface area contributed by atoms with Crippen molar-refractivity contribution in [2.45, 2.75) is 3.68 Å². The molecule has 0 aromatic carbocycles. The van der Waals surface area contributed by atoms with E-state index in [9.17, 15) is 17.6 Å². The number of rotatable bonds is 0. The van der Waals surface area contributed by atoms with Gasteiger partial charge in [0.05, 0.1) is 0 Å². The van der Waals surface area contributed by atoms with Gasteiger partial charge in [0.25, 0.3) is 3.68 Å². The number of allylic oxidation sites excluding steroid dienone is 4. The summed E-state index contributed by atoms with van der Waals surface area (Å²) in [6.45, 7) is 0. The summed E-state index contributed by atoms with van der Waals surface area (Å²) in [5.41, 5.74) is 0. The van der Waals surface area contributed by atoms with Crippen LogP contribution < -0.4 is 0 Å². The van der Waals surface area contributed by atoms with E-state index in [2.05, 4.69) is 0 Å². The Morgan fingerprint density at radius 2 is 1.82 bits per heavy atom. The molecule has 0 fully saturated rings. The third-order valence-corrected chi connectivity index (χ3v) is 2.15. The first kappa shape index (κ1) is 9.02. The van der Waals surface area contributed by atoms with E-state index < -0.39 is 21.2 Å². The molecule has 0 nitrogen and oxygen atoms in total. The highest BCUT2D eigenvalue weighted by atomic mass is 127. The molecule has 0 aliphatic heterocycles. The van der Waals surface area contributed by atoms with Crippen molar-refractivity contribution in [1.29, 1.82) is 0 Å². The summed E-state index contributed by atoms with van der Waals surface area (Å²) in [7, 11) is 0. The largest absolute Gasteiger partial charge is 0.264 e. The van der Waals surface area contributed by atoms with Crippen molar-refractivity contribution in [3.05, 3.63) is 30.0 Å². The second kappa shape index (κ2) is 2.76. The van der Waals surface area contributed by atoms with Crippen molar-refractivity contribution in [3.63, 3.8) is 0 Å². The van der Waals surface area contributed by atoms with Crippen LogP contribution in [-0.2, 0) is 0 Å². The van der Waals surface area contributed by atoms with Crippen molar-refractivity contribution in [3.8, 4) is 0 Å². The molecule has 11 heavy (non-hydrogen) atoms. The van der Waals surface area contributed by atoms with Crippen LogP contribution in [0.5, 0.6) is 0 Å². The molecule has 0 aromatic rings. The summed E-state index contributed by atoms with van der Waals surface area (Å²) in [6, 6.07) is 0. The summed E-state index contributed by atoms with van der Waals surface area (Å²) in [5, 5.41) is 0. The summed E-state index contributed by atoms with van der Waals surface area (Å²) in [4.78, 5) is 0. The maximum atomic E-state index is 12.8. The van der Waals surface area contributed by atoms with Crippen LogP contribution in [0, 0.1) is 6.42 Å². The molecular formula is C6H2F4I. The Hall–Kier alpha value is -0.0700. The van der Waals surface area contributed by atoms with Gasteiger partial charge in [-0.2, -0.15) is 0 Å². The highest BCUT2D eigenvalue weighted by molar-refractivity contribution is 14.1. The van der Waals surface area contributed by atoms with Crippen LogP contribution in [0.15, 0.2) is 23.6 Å². The van der Waals surface area contributed by atoms with E-state index in [-0.39, 0.29) is 0 Å². The zero-order valence-electron chi connectivity index (χ0n) is 5.04. The monoisotopic (exact) mass is 277 g/mol. The molecule has 0 aromatic heterocycles. The molecular weight excluding hydrogens is 275 g/mol. The molecule has 0 spiro atoms. The predicted molar refractivity (Wildman–Crippen MR) is 40.6 cm³/mol. The second-order valence-corrected chi connectivity index (χ2v) is 3.40. The number of halogens is 5. The van der Waals surface area contributed by atoms with Crippen LogP contribution in [0.2, 0.25) is 0 Å². The zero-order valence-corrected chi connectivity index (χ0v) is 7.20. The molecule has 1 radical (unpaired) electrons. The van der Waals surface area contributed by atoms with Gasteiger partial charge in [0.15, 0.2) is 11.7 Å². The minimum Gasteiger partial charge on any atom is -0.216 e. The average molecular weight is 277 g/mol. The van der Waals surface area contributed by atoms with E-state index in [4.69, 9.17) is 0 Å². The van der Waals surface area contributed by atoms with Crippen LogP contribution in [0.25, 0.3) is 0 Å². The molecule has 0 N–H and O–H groups in total. The lowest BCUT2D eigenvalue weighted by molar-refractivity contribution is 0.287. The van der Waals surface area contributed by atoms with Crippen molar-refractivity contribution in [2.24, 2.45) is 0 Å². The van der Waals surface area contributed by atoms with Crippen LogP contribution >= 0.6 is 22.6 Å². The first-order valence-corrected chi connectivity index (χ1v) is 3.68. The van der Waals surface area contributed by atoms with E-state index >= 15 is 0 Å². The van der Waals surface area contributed by atoms with Gasteiger partial charge in [-0.15, -0.1) is 0 Å². The van der Waals surface area contributed by atoms with Crippen molar-refractivity contribution >= 4 is 22.6 Å². The van der Waals surface area contributed by atoms with Crippen LogP contribution in [0.1, 0.15) is 0 Å². The molecule has 0 saturated carbocycles. The number of hydrogen-bond donors (Lipinski definition) is 0. The van der Waals surface area contributed by atoms with Gasteiger partial charge in [0.1, 0.15) is 5.83 Å². The van der Waals surface area contributed by atoms with Crippen molar-refractivity contribution in [2.75, 3.05) is 0 Å². The molecule has 61 valence electrons. The fourth-order valence-corrected chi connectivity index (χ4v) is 1.02. The van der Waals surface area contributed by atoms with Gasteiger partial charge in [-0.25, -0.2) is 17.6 Å². The third-order valence-electron chi connectivity index (χ3n) is 1.16. The van der Waals surface area contributed by atoms with Gasteiger partial charge in [-0.1, -0.05) is 0 Å². The summed E-state index contributed by atoms with van der Waals surface area (Å²) < 4.78 is 46.8. The van der Waals surface area contributed by atoms with Crippen molar-refractivity contribution in [1.82, 2.24) is 0 Å². The first-order valence-electron chi connectivity index (χ1n) is 2.61. The molecule has 1 rings (SSSR count). The van der Waals surface area contributed by atoms with Gasteiger partial charge in [-0.3, -0.25) is 0 Å². The lowest BCUT2D eigenvalue weighted by Gasteiger charge is -2.17. The van der Waals surface area contributed by atoms with Gasteiger partial charge in [0.2, 0.25) is 0 Å². The minimum absolute atomic E-state index is 0.543. The molecule has 1 aliphatic rings. The zero-order chi connectivity index (χ0) is 8.65. The summed E-state index contributed by atoms with van der Waals surface area (Å²) >= 11 is 0.855. The third kappa shape index (κ3) is 1.43. The van der Waals surface area contributed by atoms with Gasteiger partial charge in [0, 0.05) is 6.42 Å². The maximum absolute atomic E-state index is 12.8. The minimum atomic E-state index is -2.96. The SMILES string of the molecule is FC1=C[CH]C(F)=C(F)C1(F)I. The Morgan fingerprint density at radius 3 is 2.27 bits per heavy atom. The van der Waals surface area contributed by atoms with Crippen LogP contribution in [-0.4, -0.2) is 3.68 Å². The fourth-order valence-electron chi connectivity index (χ4n) is 0.579. The first-order chi connectivity index (χ1) is 4.96. The standard InChI is InChI=1S/C6H2F4I/c7-3-1-2-4(8)6(10,11)5(3)9/h1-2H. The molecule has 0 saturated heterocycles. The summed E-state index contributed by atoms with van der Waals surface area (Å²) in [5.74, 6) is -4.43. The van der Waals surface area contributed by atoms with Crippen LogP contribution in [0.3, 0.4) is 0 Å². The van der Waals surface area contributed by atoms with Crippen LogP contribution in [0.4, 0.5) is 17.6 Å². The van der Waals surface area contributed by atoms with E-state index in [1.165, 1.54) is 0 Å². The molecule has 0 bridgehead atoms. The summed E-state index contributed by atoms with van der Waals surface area (Å²) in [6.07, 6.45) is 1.10. The number of alkyl halides is 2. The van der Waals surface area contributed by atoms with Gasteiger partial charge in [-0.05, 0) is 28.7 Å². The topological polar surface area (TPSA) is 0 Å². The highest BCUT2D eigenvalue weighted by Crippen LogP contribution is 2.44. The Labute approximate surface area is 74.1 Å². The molecule has 1 atom stereocenters. The normalized spacial score (nSPS) is 32.3. The number of hydrogen-bond acceptors (Lipinski definition) is 0. The quantitative estimate of drug-likeness (QED) is 0.362. The lowest BCUT2D eigenvalue weighted by atomic mass is 10.1. The Bertz CT molecular complexity index is 241. The van der Waals surface area contributed by atoms with Gasteiger partial charge >= 0.3 is 0 Å². The van der Waals surface area contributed by atoms with Gasteiger partial charge < -0.3 is 0 Å². The molecule has 1 aliphatic carbocycles. The van der Waals surface area contributed by atoms with E-state index in [0.717, 1.165) is 22.6 Å². The average Bonchev–Trinajstić information content (AvgIpc) is 1.95.